The van der Waals surface area contributed by atoms with Crippen LogP contribution in [0.5, 0.6) is 11.5 Å². The number of rotatable bonds is 2. The molecule has 2 aliphatic rings. The highest BCUT2D eigenvalue weighted by Gasteiger charge is 2.34. The van der Waals surface area contributed by atoms with E-state index in [0.717, 1.165) is 11.1 Å². The number of ether oxygens (including phenoxy) is 2. The van der Waals surface area contributed by atoms with Crippen LogP contribution in [0.4, 0.5) is 0 Å². The van der Waals surface area contributed by atoms with Gasteiger partial charge in [-0.15, -0.1) is 0 Å². The molecule has 0 spiro atoms. The molecule has 1 fully saturated rings. The van der Waals surface area contributed by atoms with Gasteiger partial charge in [-0.3, -0.25) is 19.2 Å². The van der Waals surface area contributed by atoms with Gasteiger partial charge < -0.3 is 29.6 Å². The van der Waals surface area contributed by atoms with Gasteiger partial charge in [0.15, 0.2) is 0 Å². The van der Waals surface area contributed by atoms with Crippen molar-refractivity contribution in [3.05, 3.63) is 86.6 Å². The summed E-state index contributed by atoms with van der Waals surface area (Å²) in [5, 5.41) is 3.00. The Balaban J connectivity index is 1.38. The highest BCUT2D eigenvalue weighted by atomic mass is 16.5. The van der Waals surface area contributed by atoms with E-state index in [0.29, 0.717) is 47.1 Å². The van der Waals surface area contributed by atoms with Crippen molar-refractivity contribution in [1.29, 1.82) is 0 Å². The Morgan fingerprint density at radius 2 is 1.90 bits per heavy atom. The molecule has 11 heteroatoms. The van der Waals surface area contributed by atoms with Gasteiger partial charge in [-0.25, -0.2) is 4.98 Å². The molecule has 3 aromatic rings. The summed E-state index contributed by atoms with van der Waals surface area (Å²) in [6.45, 7) is 6.01. The summed E-state index contributed by atoms with van der Waals surface area (Å²) < 4.78 is 12.4. The molecule has 42 heavy (non-hydrogen) atoms. The topological polar surface area (TPSA) is 134 Å². The van der Waals surface area contributed by atoms with Gasteiger partial charge in [-0.2, -0.15) is 0 Å². The SMILES string of the molecule is Cc1nc(C)c(CC(=O)N2CC[C@H]3OCc4cccc(c4)Oc4cc(ccc4C)C(=O)N(C)CC(=O)N[C@H]3C2)c(=O)[nH]1. The number of hydrogen-bond acceptors (Lipinski definition) is 7. The van der Waals surface area contributed by atoms with Crippen LogP contribution in [-0.4, -0.2) is 76.3 Å². The molecule has 0 unspecified atom stereocenters. The predicted molar refractivity (Wildman–Crippen MR) is 154 cm³/mol. The number of fused-ring (bicyclic) bond motifs is 5. The number of amides is 3. The number of aryl methyl sites for hydroxylation is 3. The number of aromatic amines is 1. The van der Waals surface area contributed by atoms with Crippen LogP contribution < -0.4 is 15.6 Å². The van der Waals surface area contributed by atoms with Gasteiger partial charge in [-0.1, -0.05) is 18.2 Å². The monoisotopic (exact) mass is 573 g/mol. The van der Waals surface area contributed by atoms with Gasteiger partial charge in [0.25, 0.3) is 11.5 Å². The molecule has 2 aliphatic heterocycles. The normalized spacial score (nSPS) is 19.5. The molecule has 2 atom stereocenters. The minimum atomic E-state index is -0.521. The highest BCUT2D eigenvalue weighted by molar-refractivity contribution is 5.96. The number of likely N-dealkylation sites (N-methyl/N-ethyl adjacent to an activating group) is 1. The van der Waals surface area contributed by atoms with Gasteiger partial charge in [0.2, 0.25) is 11.8 Å². The zero-order chi connectivity index (χ0) is 30.0. The van der Waals surface area contributed by atoms with Crippen LogP contribution in [-0.2, 0) is 27.4 Å². The molecule has 1 aromatic heterocycles. The predicted octanol–water partition coefficient (Wildman–Crippen LogP) is 2.42. The van der Waals surface area contributed by atoms with Crippen molar-refractivity contribution in [2.24, 2.45) is 0 Å². The lowest BCUT2D eigenvalue weighted by molar-refractivity contribution is -0.136. The summed E-state index contributed by atoms with van der Waals surface area (Å²) in [5.41, 5.74) is 2.67. The molecule has 11 nitrogen and oxygen atoms in total. The second-order valence-corrected chi connectivity index (χ2v) is 10.9. The summed E-state index contributed by atoms with van der Waals surface area (Å²) >= 11 is 0. The Hall–Kier alpha value is -4.51. The zero-order valence-corrected chi connectivity index (χ0v) is 24.2. The average Bonchev–Trinajstić information content (AvgIpc) is 2.94. The van der Waals surface area contributed by atoms with Crippen molar-refractivity contribution in [3.8, 4) is 11.5 Å². The Kier molecular flexibility index (Phi) is 8.39. The number of nitrogens with one attached hydrogen (secondary N) is 2. The summed E-state index contributed by atoms with van der Waals surface area (Å²) in [7, 11) is 1.56. The van der Waals surface area contributed by atoms with Crippen LogP contribution in [0.15, 0.2) is 47.3 Å². The fraction of sp³-hybridized carbons (Fsp3) is 0.387. The second kappa shape index (κ2) is 12.2. The third kappa shape index (κ3) is 6.52. The molecule has 2 aromatic carbocycles. The largest absolute Gasteiger partial charge is 0.457 e. The number of piperidine rings is 1. The third-order valence-electron chi connectivity index (χ3n) is 7.67. The van der Waals surface area contributed by atoms with Crippen LogP contribution in [0.1, 0.15) is 45.0 Å². The van der Waals surface area contributed by atoms with E-state index in [4.69, 9.17) is 9.47 Å². The smallest absolute Gasteiger partial charge is 0.254 e. The van der Waals surface area contributed by atoms with Crippen LogP contribution in [0, 0.1) is 20.8 Å². The second-order valence-electron chi connectivity index (χ2n) is 10.9. The van der Waals surface area contributed by atoms with Crippen molar-refractivity contribution in [2.45, 2.75) is 52.4 Å². The number of benzene rings is 2. The van der Waals surface area contributed by atoms with Crippen LogP contribution in [0.3, 0.4) is 0 Å². The zero-order valence-electron chi connectivity index (χ0n) is 24.2. The van der Waals surface area contributed by atoms with Gasteiger partial charge in [0.1, 0.15) is 17.3 Å². The lowest BCUT2D eigenvalue weighted by Crippen LogP contribution is -2.58. The minimum absolute atomic E-state index is 0.0940. The van der Waals surface area contributed by atoms with Crippen LogP contribution >= 0.6 is 0 Å². The number of carbonyl (C=O) groups is 3. The van der Waals surface area contributed by atoms with E-state index in [9.17, 15) is 19.2 Å². The standard InChI is InChI=1S/C31H35N5O6/c1-18-8-9-22-13-27(18)42-23-7-5-6-21(12-23)17-41-26-10-11-36(15-25(26)34-28(37)16-35(4)31(22)40)29(38)14-24-19(2)32-20(3)33-30(24)39/h5-9,12-13,25-26H,10-11,14-17H2,1-4H3,(H,34,37)(H,32,33,39)/t25-,26+/m0/s1. The maximum absolute atomic E-state index is 13.3. The summed E-state index contributed by atoms with van der Waals surface area (Å²) in [6, 6.07) is 12.2. The molecule has 2 N–H and O–H groups in total. The lowest BCUT2D eigenvalue weighted by Gasteiger charge is -2.39. The summed E-state index contributed by atoms with van der Waals surface area (Å²) in [5.74, 6) is 0.734. The fourth-order valence-corrected chi connectivity index (χ4v) is 5.35. The number of hydrogen-bond donors (Lipinski definition) is 2. The van der Waals surface area contributed by atoms with Crippen molar-refractivity contribution in [2.75, 3.05) is 26.7 Å². The number of H-pyrrole nitrogens is 1. The first-order valence-corrected chi connectivity index (χ1v) is 14.0. The van der Waals surface area contributed by atoms with E-state index >= 15 is 0 Å². The molecule has 220 valence electrons. The molecule has 0 aliphatic carbocycles. The number of carbonyl (C=O) groups excluding carboxylic acids is 3. The first-order valence-electron chi connectivity index (χ1n) is 14.0. The van der Waals surface area contributed by atoms with Crippen LogP contribution in [0.2, 0.25) is 0 Å². The van der Waals surface area contributed by atoms with E-state index in [1.165, 1.54) is 4.90 Å². The van der Waals surface area contributed by atoms with Gasteiger partial charge in [0, 0.05) is 37.0 Å². The Labute approximate surface area is 243 Å². The maximum atomic E-state index is 13.3. The molecule has 3 amide bonds. The van der Waals surface area contributed by atoms with E-state index in [2.05, 4.69) is 15.3 Å². The van der Waals surface area contributed by atoms with Gasteiger partial charge >= 0.3 is 0 Å². The molecule has 0 radical (unpaired) electrons. The lowest BCUT2D eigenvalue weighted by atomic mass is 10.0. The molecule has 5 rings (SSSR count). The van der Waals surface area contributed by atoms with Crippen LogP contribution in [0.25, 0.3) is 0 Å². The van der Waals surface area contributed by atoms with E-state index in [-0.39, 0.29) is 55.5 Å². The number of likely N-dealkylation sites (tertiary alicyclic amines) is 1. The van der Waals surface area contributed by atoms with E-state index in [1.54, 1.807) is 37.9 Å². The van der Waals surface area contributed by atoms with Crippen molar-refractivity contribution < 1.29 is 23.9 Å². The first-order chi connectivity index (χ1) is 20.1. The fourth-order valence-electron chi connectivity index (χ4n) is 5.35. The van der Waals surface area contributed by atoms with E-state index < -0.39 is 6.04 Å². The number of aromatic nitrogens is 2. The Morgan fingerprint density at radius 3 is 2.69 bits per heavy atom. The maximum Gasteiger partial charge on any atom is 0.254 e. The Bertz CT molecular complexity index is 1580. The number of nitrogens with zero attached hydrogens (tertiary/aromatic N) is 3. The molecule has 0 saturated carbocycles. The Morgan fingerprint density at radius 1 is 1.10 bits per heavy atom. The summed E-state index contributed by atoms with van der Waals surface area (Å²) in [6.07, 6.45) is 0.00784. The molecule has 1 saturated heterocycles. The molecule has 3 heterocycles. The minimum Gasteiger partial charge on any atom is -0.457 e. The quantitative estimate of drug-likeness (QED) is 0.481. The first kappa shape index (κ1) is 29.0. The summed E-state index contributed by atoms with van der Waals surface area (Å²) in [4.78, 5) is 62.0. The molecular formula is C31H35N5O6. The van der Waals surface area contributed by atoms with Gasteiger partial charge in [-0.05, 0) is 62.6 Å². The van der Waals surface area contributed by atoms with Crippen molar-refractivity contribution >= 4 is 17.7 Å². The third-order valence-corrected chi connectivity index (χ3v) is 7.67. The van der Waals surface area contributed by atoms with E-state index in [1.807, 2.05) is 37.3 Å². The molecule has 4 bridgehead atoms. The van der Waals surface area contributed by atoms with Crippen molar-refractivity contribution in [3.63, 3.8) is 0 Å². The average molecular weight is 574 g/mol. The van der Waals surface area contributed by atoms with Gasteiger partial charge in [0.05, 0.1) is 31.7 Å². The molecular weight excluding hydrogens is 538 g/mol. The van der Waals surface area contributed by atoms with Crippen molar-refractivity contribution in [1.82, 2.24) is 25.1 Å². The highest BCUT2D eigenvalue weighted by Crippen LogP contribution is 2.28.